The van der Waals surface area contributed by atoms with Crippen molar-refractivity contribution in [3.63, 3.8) is 0 Å². The first-order valence-corrected chi connectivity index (χ1v) is 4.73. The summed E-state index contributed by atoms with van der Waals surface area (Å²) in [4.78, 5) is 0. The smallest absolute Gasteiger partial charge is 0.129 e. The van der Waals surface area contributed by atoms with Crippen molar-refractivity contribution in [1.29, 1.82) is 0 Å². The second kappa shape index (κ2) is 4.91. The Bertz CT molecular complexity index is 319. The van der Waals surface area contributed by atoms with Crippen molar-refractivity contribution in [3.8, 4) is 0 Å². The molecule has 0 atom stereocenters. The van der Waals surface area contributed by atoms with Gasteiger partial charge in [0.05, 0.1) is 0 Å². The van der Waals surface area contributed by atoms with Gasteiger partial charge < -0.3 is 5.32 Å². The zero-order valence-corrected chi connectivity index (χ0v) is 8.89. The summed E-state index contributed by atoms with van der Waals surface area (Å²) in [6, 6.07) is 3.71. The third kappa shape index (κ3) is 2.67. The summed E-state index contributed by atoms with van der Waals surface area (Å²) in [5, 5.41) is 3.02. The normalized spacial score (nSPS) is 11.1. The minimum Gasteiger partial charge on any atom is -0.316 e. The van der Waals surface area contributed by atoms with E-state index < -0.39 is 0 Å². The van der Waals surface area contributed by atoms with Crippen molar-refractivity contribution in [2.45, 2.75) is 13.8 Å². The van der Waals surface area contributed by atoms with Crippen LogP contribution in [0.3, 0.4) is 0 Å². The molecule has 76 valence electrons. The van der Waals surface area contributed by atoms with Crippen LogP contribution in [-0.2, 0) is 0 Å². The van der Waals surface area contributed by atoms with E-state index in [1.807, 2.05) is 31.3 Å². The lowest BCUT2D eigenvalue weighted by molar-refractivity contribution is 0.609. The molecule has 0 fully saturated rings. The molecule has 0 unspecified atom stereocenters. The van der Waals surface area contributed by atoms with Crippen LogP contribution in [0.15, 0.2) is 18.2 Å². The fourth-order valence-corrected chi connectivity index (χ4v) is 1.39. The molecule has 0 spiro atoms. The predicted octanol–water partition coefficient (Wildman–Crippen LogP) is 2.68. The van der Waals surface area contributed by atoms with E-state index in [1.54, 1.807) is 13.8 Å². The van der Waals surface area contributed by atoms with E-state index in [0.717, 1.165) is 12.1 Å². The Morgan fingerprint density at radius 1 is 1.29 bits per heavy atom. The maximum absolute atomic E-state index is 13.3. The molecule has 1 aromatic rings. The Hall–Kier alpha value is -1.15. The molecule has 0 aliphatic heterocycles. The Labute approximate surface area is 84.6 Å². The van der Waals surface area contributed by atoms with Crippen LogP contribution in [0.25, 0.3) is 6.08 Å². The SMILES string of the molecule is CNCC=Cc1cc(C)c(F)c(C)c1. The van der Waals surface area contributed by atoms with Crippen LogP contribution in [0, 0.1) is 19.7 Å². The fourth-order valence-electron chi connectivity index (χ4n) is 1.39. The van der Waals surface area contributed by atoms with Gasteiger partial charge in [-0.2, -0.15) is 0 Å². The first-order chi connectivity index (χ1) is 6.65. The minimum atomic E-state index is -0.101. The van der Waals surface area contributed by atoms with Crippen molar-refractivity contribution in [1.82, 2.24) is 5.32 Å². The quantitative estimate of drug-likeness (QED) is 0.778. The molecule has 0 aromatic heterocycles. The molecule has 0 radical (unpaired) electrons. The highest BCUT2D eigenvalue weighted by atomic mass is 19.1. The lowest BCUT2D eigenvalue weighted by Crippen LogP contribution is -2.03. The van der Waals surface area contributed by atoms with Crippen LogP contribution in [0.4, 0.5) is 4.39 Å². The van der Waals surface area contributed by atoms with Gasteiger partial charge in [-0.25, -0.2) is 4.39 Å². The second-order valence-electron chi connectivity index (χ2n) is 3.43. The van der Waals surface area contributed by atoms with E-state index in [-0.39, 0.29) is 5.82 Å². The zero-order chi connectivity index (χ0) is 10.6. The molecular weight excluding hydrogens is 177 g/mol. The number of hydrogen-bond donors (Lipinski definition) is 1. The lowest BCUT2D eigenvalue weighted by atomic mass is 10.1. The van der Waals surface area contributed by atoms with Gasteiger partial charge in [0.15, 0.2) is 0 Å². The lowest BCUT2D eigenvalue weighted by Gasteiger charge is -2.02. The van der Waals surface area contributed by atoms with Crippen molar-refractivity contribution >= 4 is 6.08 Å². The first-order valence-electron chi connectivity index (χ1n) is 4.73. The van der Waals surface area contributed by atoms with E-state index in [4.69, 9.17) is 0 Å². The average Bonchev–Trinajstić information content (AvgIpc) is 2.14. The van der Waals surface area contributed by atoms with Crippen molar-refractivity contribution in [2.75, 3.05) is 13.6 Å². The van der Waals surface area contributed by atoms with Gasteiger partial charge in [0.1, 0.15) is 5.82 Å². The van der Waals surface area contributed by atoms with Gasteiger partial charge in [-0.1, -0.05) is 12.2 Å². The number of benzene rings is 1. The molecule has 14 heavy (non-hydrogen) atoms. The molecule has 0 saturated heterocycles. The second-order valence-corrected chi connectivity index (χ2v) is 3.43. The Kier molecular flexibility index (Phi) is 3.84. The molecule has 0 aliphatic carbocycles. The Balaban J connectivity index is 2.89. The molecule has 0 heterocycles. The van der Waals surface area contributed by atoms with Gasteiger partial charge in [0, 0.05) is 6.54 Å². The fraction of sp³-hybridized carbons (Fsp3) is 0.333. The average molecular weight is 193 g/mol. The maximum Gasteiger partial charge on any atom is 0.129 e. The van der Waals surface area contributed by atoms with Crippen LogP contribution < -0.4 is 5.32 Å². The number of hydrogen-bond acceptors (Lipinski definition) is 1. The van der Waals surface area contributed by atoms with E-state index in [0.29, 0.717) is 11.1 Å². The van der Waals surface area contributed by atoms with E-state index in [1.165, 1.54) is 0 Å². The number of likely N-dealkylation sites (N-methyl/N-ethyl adjacent to an activating group) is 1. The van der Waals surface area contributed by atoms with Crippen LogP contribution in [0.1, 0.15) is 16.7 Å². The summed E-state index contributed by atoms with van der Waals surface area (Å²) in [5.41, 5.74) is 2.46. The molecule has 2 heteroatoms. The Morgan fingerprint density at radius 3 is 2.36 bits per heavy atom. The van der Waals surface area contributed by atoms with Crippen LogP contribution >= 0.6 is 0 Å². The summed E-state index contributed by atoms with van der Waals surface area (Å²) in [6.45, 7) is 4.41. The first kappa shape index (κ1) is 10.9. The van der Waals surface area contributed by atoms with E-state index in [9.17, 15) is 4.39 Å². The van der Waals surface area contributed by atoms with Gasteiger partial charge in [-0.05, 0) is 49.7 Å². The van der Waals surface area contributed by atoms with Crippen molar-refractivity contribution in [2.24, 2.45) is 0 Å². The molecule has 1 nitrogen and oxygen atoms in total. The number of nitrogens with one attached hydrogen (secondary N) is 1. The monoisotopic (exact) mass is 193 g/mol. The van der Waals surface area contributed by atoms with Crippen molar-refractivity contribution in [3.05, 3.63) is 40.7 Å². The molecule has 1 N–H and O–H groups in total. The molecule has 0 aliphatic rings. The molecular formula is C12H16FN. The maximum atomic E-state index is 13.3. The summed E-state index contributed by atoms with van der Waals surface area (Å²) in [5.74, 6) is -0.101. The predicted molar refractivity (Wildman–Crippen MR) is 58.8 cm³/mol. The van der Waals surface area contributed by atoms with Gasteiger partial charge in [-0.15, -0.1) is 0 Å². The number of aryl methyl sites for hydroxylation is 2. The van der Waals surface area contributed by atoms with Crippen LogP contribution in [0.5, 0.6) is 0 Å². The van der Waals surface area contributed by atoms with Crippen LogP contribution in [-0.4, -0.2) is 13.6 Å². The highest BCUT2D eigenvalue weighted by molar-refractivity contribution is 5.52. The molecule has 1 aromatic carbocycles. The van der Waals surface area contributed by atoms with E-state index in [2.05, 4.69) is 5.32 Å². The molecule has 0 bridgehead atoms. The standard InChI is InChI=1S/C12H16FN/c1-9-7-11(5-4-6-14-3)8-10(2)12(9)13/h4-5,7-8,14H,6H2,1-3H3. The summed E-state index contributed by atoms with van der Waals surface area (Å²) in [6.07, 6.45) is 4.02. The zero-order valence-electron chi connectivity index (χ0n) is 8.89. The molecule has 0 amide bonds. The summed E-state index contributed by atoms with van der Waals surface area (Å²) in [7, 11) is 1.89. The highest BCUT2D eigenvalue weighted by Crippen LogP contribution is 2.15. The third-order valence-corrected chi connectivity index (χ3v) is 2.09. The molecule has 0 saturated carbocycles. The van der Waals surface area contributed by atoms with Crippen LogP contribution in [0.2, 0.25) is 0 Å². The highest BCUT2D eigenvalue weighted by Gasteiger charge is 2.01. The van der Waals surface area contributed by atoms with Gasteiger partial charge in [-0.3, -0.25) is 0 Å². The topological polar surface area (TPSA) is 12.0 Å². The number of halogens is 1. The van der Waals surface area contributed by atoms with Gasteiger partial charge >= 0.3 is 0 Å². The molecule has 1 rings (SSSR count). The largest absolute Gasteiger partial charge is 0.316 e. The van der Waals surface area contributed by atoms with E-state index >= 15 is 0 Å². The van der Waals surface area contributed by atoms with Gasteiger partial charge in [0.2, 0.25) is 0 Å². The number of rotatable bonds is 3. The Morgan fingerprint density at radius 2 is 1.86 bits per heavy atom. The van der Waals surface area contributed by atoms with Gasteiger partial charge in [0.25, 0.3) is 0 Å². The minimum absolute atomic E-state index is 0.101. The summed E-state index contributed by atoms with van der Waals surface area (Å²) >= 11 is 0. The summed E-state index contributed by atoms with van der Waals surface area (Å²) < 4.78 is 13.3. The van der Waals surface area contributed by atoms with Crippen molar-refractivity contribution < 1.29 is 4.39 Å². The third-order valence-electron chi connectivity index (χ3n) is 2.09.